The van der Waals surface area contributed by atoms with Crippen LogP contribution >= 0.6 is 11.6 Å². The summed E-state index contributed by atoms with van der Waals surface area (Å²) in [5.74, 6) is 1.89. The van der Waals surface area contributed by atoms with Gasteiger partial charge in [0, 0.05) is 12.1 Å². The van der Waals surface area contributed by atoms with E-state index in [2.05, 4.69) is 22.2 Å². The summed E-state index contributed by atoms with van der Waals surface area (Å²) < 4.78 is 0. The van der Waals surface area contributed by atoms with E-state index in [1.54, 1.807) is 6.33 Å². The molecule has 2 rings (SSSR count). The molecule has 1 heterocycles. The molecule has 0 bridgehead atoms. The Morgan fingerprint density at radius 2 is 2.11 bits per heavy atom. The predicted octanol–water partition coefficient (Wildman–Crippen LogP) is 4.46. The fourth-order valence-corrected chi connectivity index (χ4v) is 3.14. The van der Waals surface area contributed by atoms with Crippen LogP contribution in [0.3, 0.4) is 0 Å². The molecule has 1 aromatic heterocycles. The van der Waals surface area contributed by atoms with Crippen LogP contribution in [0.15, 0.2) is 6.33 Å². The average molecular weight is 282 g/mol. The van der Waals surface area contributed by atoms with E-state index in [4.69, 9.17) is 11.6 Å². The topological polar surface area (TPSA) is 37.8 Å². The smallest absolute Gasteiger partial charge is 0.137 e. The van der Waals surface area contributed by atoms with Crippen LogP contribution in [0.25, 0.3) is 0 Å². The molecule has 0 aliphatic heterocycles. The third-order valence-electron chi connectivity index (χ3n) is 3.95. The Hall–Kier alpha value is -0.830. The van der Waals surface area contributed by atoms with Crippen LogP contribution in [0.4, 0.5) is 5.82 Å². The van der Waals surface area contributed by atoms with Gasteiger partial charge in [0.05, 0.1) is 0 Å². The van der Waals surface area contributed by atoms with Crippen molar-refractivity contribution in [2.45, 2.75) is 58.3 Å². The van der Waals surface area contributed by atoms with Gasteiger partial charge in [0.2, 0.25) is 0 Å². The first-order chi connectivity index (χ1) is 9.31. The van der Waals surface area contributed by atoms with Gasteiger partial charge >= 0.3 is 0 Å². The number of anilines is 1. The Morgan fingerprint density at radius 1 is 1.32 bits per heavy atom. The lowest BCUT2D eigenvalue weighted by Crippen LogP contribution is -2.08. The highest BCUT2D eigenvalue weighted by molar-refractivity contribution is 6.30. The van der Waals surface area contributed by atoms with Crippen LogP contribution in [-0.2, 0) is 6.42 Å². The number of nitrogens with zero attached hydrogens (tertiary/aromatic N) is 2. The van der Waals surface area contributed by atoms with E-state index in [0.717, 1.165) is 36.7 Å². The molecule has 19 heavy (non-hydrogen) atoms. The molecule has 4 heteroatoms. The Kier molecular flexibility index (Phi) is 5.90. The molecule has 3 nitrogen and oxygen atoms in total. The molecule has 0 saturated heterocycles. The zero-order chi connectivity index (χ0) is 13.5. The lowest BCUT2D eigenvalue weighted by Gasteiger charge is -2.12. The Bertz CT molecular complexity index is 389. The van der Waals surface area contributed by atoms with Gasteiger partial charge in [-0.1, -0.05) is 50.6 Å². The molecular formula is C15H24ClN3. The SMILES string of the molecule is CCCc1c(Cl)ncnc1NCCCC1CCCC1. The molecule has 0 radical (unpaired) electrons. The largest absolute Gasteiger partial charge is 0.370 e. The first-order valence-electron chi connectivity index (χ1n) is 7.54. The maximum atomic E-state index is 6.13. The van der Waals surface area contributed by atoms with Gasteiger partial charge in [-0.2, -0.15) is 0 Å². The van der Waals surface area contributed by atoms with E-state index in [9.17, 15) is 0 Å². The van der Waals surface area contributed by atoms with Gasteiger partial charge in [-0.15, -0.1) is 0 Å². The molecule has 1 fully saturated rings. The fourth-order valence-electron chi connectivity index (χ4n) is 2.91. The molecule has 1 aliphatic rings. The highest BCUT2D eigenvalue weighted by Crippen LogP contribution is 2.28. The van der Waals surface area contributed by atoms with Crippen LogP contribution in [0.1, 0.15) is 57.4 Å². The van der Waals surface area contributed by atoms with Crippen molar-refractivity contribution in [2.24, 2.45) is 5.92 Å². The lowest BCUT2D eigenvalue weighted by molar-refractivity contribution is 0.491. The van der Waals surface area contributed by atoms with Gasteiger partial charge in [-0.3, -0.25) is 0 Å². The number of rotatable bonds is 7. The minimum absolute atomic E-state index is 0.593. The quantitative estimate of drug-likeness (QED) is 0.592. The minimum atomic E-state index is 0.593. The minimum Gasteiger partial charge on any atom is -0.370 e. The van der Waals surface area contributed by atoms with Crippen molar-refractivity contribution in [1.29, 1.82) is 0 Å². The molecule has 0 amide bonds. The summed E-state index contributed by atoms with van der Waals surface area (Å²) in [5, 5.41) is 4.02. The number of aromatic nitrogens is 2. The van der Waals surface area contributed by atoms with Crippen molar-refractivity contribution < 1.29 is 0 Å². The van der Waals surface area contributed by atoms with Crippen LogP contribution in [0.2, 0.25) is 5.15 Å². The normalized spacial score (nSPS) is 15.9. The third kappa shape index (κ3) is 4.34. The van der Waals surface area contributed by atoms with Gasteiger partial charge in [-0.25, -0.2) is 9.97 Å². The molecular weight excluding hydrogens is 258 g/mol. The highest BCUT2D eigenvalue weighted by Gasteiger charge is 2.14. The molecule has 0 spiro atoms. The molecule has 106 valence electrons. The van der Waals surface area contributed by atoms with Gasteiger partial charge in [0.1, 0.15) is 17.3 Å². The van der Waals surface area contributed by atoms with Crippen molar-refractivity contribution in [3.63, 3.8) is 0 Å². The van der Waals surface area contributed by atoms with Gasteiger partial charge in [0.15, 0.2) is 0 Å². The van der Waals surface area contributed by atoms with E-state index in [0.29, 0.717) is 5.15 Å². The molecule has 1 N–H and O–H groups in total. The monoisotopic (exact) mass is 281 g/mol. The summed E-state index contributed by atoms with van der Waals surface area (Å²) in [6.07, 6.45) is 11.8. The second-order valence-corrected chi connectivity index (χ2v) is 5.82. The van der Waals surface area contributed by atoms with E-state index >= 15 is 0 Å². The first-order valence-corrected chi connectivity index (χ1v) is 7.92. The molecule has 0 atom stereocenters. The molecule has 1 saturated carbocycles. The number of hydrogen-bond donors (Lipinski definition) is 1. The highest BCUT2D eigenvalue weighted by atomic mass is 35.5. The maximum absolute atomic E-state index is 6.13. The van der Waals surface area contributed by atoms with Crippen molar-refractivity contribution in [1.82, 2.24) is 9.97 Å². The summed E-state index contributed by atoms with van der Waals surface area (Å²) in [6, 6.07) is 0. The van der Waals surface area contributed by atoms with E-state index in [1.165, 1.54) is 38.5 Å². The van der Waals surface area contributed by atoms with Crippen LogP contribution < -0.4 is 5.32 Å². The second-order valence-electron chi connectivity index (χ2n) is 5.46. The number of hydrogen-bond acceptors (Lipinski definition) is 3. The molecule has 0 unspecified atom stereocenters. The van der Waals surface area contributed by atoms with Gasteiger partial charge < -0.3 is 5.32 Å². The van der Waals surface area contributed by atoms with Gasteiger partial charge in [-0.05, 0) is 25.2 Å². The first kappa shape index (κ1) is 14.6. The van der Waals surface area contributed by atoms with Crippen LogP contribution in [-0.4, -0.2) is 16.5 Å². The predicted molar refractivity (Wildman–Crippen MR) is 80.7 cm³/mol. The Morgan fingerprint density at radius 3 is 2.84 bits per heavy atom. The second kappa shape index (κ2) is 7.68. The summed E-state index contributed by atoms with van der Waals surface area (Å²) in [5.41, 5.74) is 1.06. The lowest BCUT2D eigenvalue weighted by atomic mass is 10.0. The maximum Gasteiger partial charge on any atom is 0.137 e. The average Bonchev–Trinajstić information content (AvgIpc) is 2.91. The van der Waals surface area contributed by atoms with E-state index in [1.807, 2.05) is 0 Å². The third-order valence-corrected chi connectivity index (χ3v) is 4.27. The van der Waals surface area contributed by atoms with Crippen molar-refractivity contribution in [3.8, 4) is 0 Å². The van der Waals surface area contributed by atoms with Crippen LogP contribution in [0, 0.1) is 5.92 Å². The zero-order valence-electron chi connectivity index (χ0n) is 11.8. The summed E-state index contributed by atoms with van der Waals surface area (Å²) in [6.45, 7) is 3.13. The standard InChI is InChI=1S/C15H24ClN3/c1-2-6-13-14(16)18-11-19-15(13)17-10-5-9-12-7-3-4-8-12/h11-12H,2-10H2,1H3,(H,17,18,19). The Labute approximate surface area is 121 Å². The van der Waals surface area contributed by atoms with Crippen LogP contribution in [0.5, 0.6) is 0 Å². The van der Waals surface area contributed by atoms with Crippen molar-refractivity contribution >= 4 is 17.4 Å². The number of nitrogens with one attached hydrogen (secondary N) is 1. The van der Waals surface area contributed by atoms with Crippen molar-refractivity contribution in [2.75, 3.05) is 11.9 Å². The number of halogens is 1. The fraction of sp³-hybridized carbons (Fsp3) is 0.733. The summed E-state index contributed by atoms with van der Waals surface area (Å²) in [4.78, 5) is 8.38. The summed E-state index contributed by atoms with van der Waals surface area (Å²) in [7, 11) is 0. The van der Waals surface area contributed by atoms with Crippen molar-refractivity contribution in [3.05, 3.63) is 17.0 Å². The Balaban J connectivity index is 1.79. The molecule has 1 aliphatic carbocycles. The molecule has 1 aromatic rings. The van der Waals surface area contributed by atoms with E-state index in [-0.39, 0.29) is 0 Å². The molecule has 0 aromatic carbocycles. The van der Waals surface area contributed by atoms with E-state index < -0.39 is 0 Å². The zero-order valence-corrected chi connectivity index (χ0v) is 12.5. The van der Waals surface area contributed by atoms with Gasteiger partial charge in [0.25, 0.3) is 0 Å². The summed E-state index contributed by atoms with van der Waals surface area (Å²) >= 11 is 6.13.